The molecule has 138 valence electrons. The molecule has 0 amide bonds. The number of hydrogen-bond donors (Lipinski definition) is 0. The Labute approximate surface area is 163 Å². The van der Waals surface area contributed by atoms with Crippen molar-refractivity contribution in [3.8, 4) is 5.69 Å². The highest BCUT2D eigenvalue weighted by atomic mass is 32.2. The minimum absolute atomic E-state index is 0.00459. The first-order valence-electron chi connectivity index (χ1n) is 8.79. The van der Waals surface area contributed by atoms with E-state index in [0.717, 1.165) is 22.4 Å². The molecule has 0 aliphatic heterocycles. The Bertz CT molecular complexity index is 1040. The van der Waals surface area contributed by atoms with E-state index in [1.165, 1.54) is 11.8 Å². The number of thioether (sulfide) groups is 1. The molecular formula is C22H22N2O2S. The van der Waals surface area contributed by atoms with Crippen molar-refractivity contribution < 1.29 is 4.79 Å². The van der Waals surface area contributed by atoms with Gasteiger partial charge in [-0.3, -0.25) is 14.2 Å². The van der Waals surface area contributed by atoms with Crippen molar-refractivity contribution in [3.63, 3.8) is 0 Å². The summed E-state index contributed by atoms with van der Waals surface area (Å²) >= 11 is 1.20. The summed E-state index contributed by atoms with van der Waals surface area (Å²) < 4.78 is 1.56. The first kappa shape index (κ1) is 19.1. The minimum atomic E-state index is -0.402. The van der Waals surface area contributed by atoms with Crippen LogP contribution in [0.25, 0.3) is 5.69 Å². The van der Waals surface area contributed by atoms with E-state index in [0.29, 0.717) is 10.6 Å². The zero-order chi connectivity index (χ0) is 19.6. The van der Waals surface area contributed by atoms with E-state index in [1.807, 2.05) is 70.2 Å². The number of aryl methyl sites for hydroxylation is 3. The fraction of sp³-hybridized carbons (Fsp3) is 0.227. The van der Waals surface area contributed by atoms with Gasteiger partial charge in [0.05, 0.1) is 5.25 Å². The molecule has 5 heteroatoms. The maximum absolute atomic E-state index is 12.8. The molecule has 2 aromatic carbocycles. The van der Waals surface area contributed by atoms with Crippen molar-refractivity contribution in [2.45, 2.75) is 38.0 Å². The van der Waals surface area contributed by atoms with Gasteiger partial charge in [-0.15, -0.1) is 0 Å². The number of carbonyl (C=O) groups is 1. The second kappa shape index (κ2) is 7.92. The van der Waals surface area contributed by atoms with Crippen LogP contribution in [0.3, 0.4) is 0 Å². The molecule has 3 aromatic rings. The molecule has 0 saturated carbocycles. The van der Waals surface area contributed by atoms with E-state index in [9.17, 15) is 9.59 Å². The number of rotatable bonds is 5. The van der Waals surface area contributed by atoms with Crippen LogP contribution in [0.1, 0.15) is 34.0 Å². The van der Waals surface area contributed by atoms with Gasteiger partial charge in [-0.25, -0.2) is 4.98 Å². The van der Waals surface area contributed by atoms with Crippen molar-refractivity contribution in [1.29, 1.82) is 0 Å². The third-order valence-electron chi connectivity index (χ3n) is 4.57. The molecule has 0 N–H and O–H groups in total. The van der Waals surface area contributed by atoms with E-state index >= 15 is 0 Å². The maximum Gasteiger partial charge on any atom is 0.287 e. The van der Waals surface area contributed by atoms with E-state index in [1.54, 1.807) is 17.0 Å². The second-order valence-electron chi connectivity index (χ2n) is 6.67. The topological polar surface area (TPSA) is 52.0 Å². The van der Waals surface area contributed by atoms with Crippen molar-refractivity contribution in [3.05, 3.63) is 87.5 Å². The molecule has 0 spiro atoms. The molecule has 0 saturated heterocycles. The molecule has 0 bridgehead atoms. The lowest BCUT2D eigenvalue weighted by molar-refractivity contribution is 0.0994. The molecule has 3 rings (SSSR count). The summed E-state index contributed by atoms with van der Waals surface area (Å²) in [6.45, 7) is 7.82. The summed E-state index contributed by atoms with van der Waals surface area (Å²) in [6, 6.07) is 13.4. The molecule has 0 radical (unpaired) electrons. The highest BCUT2D eigenvalue weighted by Crippen LogP contribution is 2.23. The fourth-order valence-electron chi connectivity index (χ4n) is 2.73. The molecule has 0 unspecified atom stereocenters. The van der Waals surface area contributed by atoms with Gasteiger partial charge < -0.3 is 0 Å². The molecule has 1 aromatic heterocycles. The average Bonchev–Trinajstić information content (AvgIpc) is 2.66. The largest absolute Gasteiger partial charge is 0.293 e. The molecule has 1 atom stereocenters. The number of carbonyl (C=O) groups excluding carboxylic acids is 1. The summed E-state index contributed by atoms with van der Waals surface area (Å²) in [5.74, 6) is -0.00459. The second-order valence-corrected chi connectivity index (χ2v) is 8.00. The first-order valence-corrected chi connectivity index (χ1v) is 9.67. The van der Waals surface area contributed by atoms with Crippen LogP contribution >= 0.6 is 11.8 Å². The molecular weight excluding hydrogens is 356 g/mol. The zero-order valence-corrected chi connectivity index (χ0v) is 16.7. The van der Waals surface area contributed by atoms with Crippen molar-refractivity contribution in [2.24, 2.45) is 0 Å². The number of Topliss-reactive ketones (excluding diaryl/α,β-unsaturated/α-hetero) is 1. The number of benzene rings is 2. The standard InChI is InChI=1S/C22H22N2O2S/c1-14-5-9-19(10-6-14)24-12-11-23-21(22(24)26)27-17(4)20(25)18-8-7-15(2)16(3)13-18/h5-13,17H,1-4H3/t17-/m1/s1. The predicted octanol–water partition coefficient (Wildman–Crippen LogP) is 4.52. The highest BCUT2D eigenvalue weighted by molar-refractivity contribution is 8.00. The Kier molecular flexibility index (Phi) is 5.61. The SMILES string of the molecule is Cc1ccc(-n2ccnc(S[C@H](C)C(=O)c3ccc(C)c(C)c3)c2=O)cc1. The first-order chi connectivity index (χ1) is 12.9. The van der Waals surface area contributed by atoms with Crippen LogP contribution in [0, 0.1) is 20.8 Å². The van der Waals surface area contributed by atoms with E-state index in [2.05, 4.69) is 4.98 Å². The number of aromatic nitrogens is 2. The minimum Gasteiger partial charge on any atom is -0.293 e. The Balaban J connectivity index is 1.86. The number of ketones is 1. The number of nitrogens with zero attached hydrogens (tertiary/aromatic N) is 2. The van der Waals surface area contributed by atoms with Crippen molar-refractivity contribution in [1.82, 2.24) is 9.55 Å². The quantitative estimate of drug-likeness (QED) is 0.484. The van der Waals surface area contributed by atoms with Crippen LogP contribution in [0.5, 0.6) is 0 Å². The van der Waals surface area contributed by atoms with Gasteiger partial charge in [0.2, 0.25) is 0 Å². The van der Waals surface area contributed by atoms with Gasteiger partial charge in [0.25, 0.3) is 5.56 Å². The molecule has 4 nitrogen and oxygen atoms in total. The summed E-state index contributed by atoms with van der Waals surface area (Å²) in [4.78, 5) is 29.8. The molecule has 0 fully saturated rings. The lowest BCUT2D eigenvalue weighted by Crippen LogP contribution is -2.23. The fourth-order valence-corrected chi connectivity index (χ4v) is 3.63. The summed E-state index contributed by atoms with van der Waals surface area (Å²) in [5, 5.41) is -0.0797. The third-order valence-corrected chi connectivity index (χ3v) is 5.64. The smallest absolute Gasteiger partial charge is 0.287 e. The zero-order valence-electron chi connectivity index (χ0n) is 15.9. The van der Waals surface area contributed by atoms with Crippen LogP contribution < -0.4 is 5.56 Å². The maximum atomic E-state index is 12.8. The normalized spacial score (nSPS) is 12.0. The van der Waals surface area contributed by atoms with Crippen LogP contribution in [0.15, 0.2) is 64.7 Å². The summed E-state index contributed by atoms with van der Waals surface area (Å²) in [6.07, 6.45) is 3.24. The van der Waals surface area contributed by atoms with Crippen molar-refractivity contribution >= 4 is 17.5 Å². The lowest BCUT2D eigenvalue weighted by Gasteiger charge is -2.12. The van der Waals surface area contributed by atoms with Gasteiger partial charge in [-0.05, 0) is 57.0 Å². The predicted molar refractivity (Wildman–Crippen MR) is 110 cm³/mol. The van der Waals surface area contributed by atoms with Gasteiger partial charge in [-0.1, -0.05) is 41.6 Å². The monoisotopic (exact) mass is 378 g/mol. The summed E-state index contributed by atoms with van der Waals surface area (Å²) in [7, 11) is 0. The van der Waals surface area contributed by atoms with Crippen LogP contribution in [-0.2, 0) is 0 Å². The van der Waals surface area contributed by atoms with Gasteiger partial charge >= 0.3 is 0 Å². The van der Waals surface area contributed by atoms with Gasteiger partial charge in [0, 0.05) is 23.6 Å². The molecule has 0 aliphatic carbocycles. The Morgan fingerprint density at radius 2 is 1.74 bits per heavy atom. The summed E-state index contributed by atoms with van der Waals surface area (Å²) in [5.41, 5.74) is 4.58. The Morgan fingerprint density at radius 1 is 1.04 bits per heavy atom. The van der Waals surface area contributed by atoms with E-state index < -0.39 is 5.25 Å². The van der Waals surface area contributed by atoms with E-state index in [4.69, 9.17) is 0 Å². The van der Waals surface area contributed by atoms with Crippen molar-refractivity contribution in [2.75, 3.05) is 0 Å². The third kappa shape index (κ3) is 4.19. The van der Waals surface area contributed by atoms with Crippen LogP contribution in [0.2, 0.25) is 0 Å². The molecule has 27 heavy (non-hydrogen) atoms. The van der Waals surface area contributed by atoms with Gasteiger partial charge in [-0.2, -0.15) is 0 Å². The van der Waals surface area contributed by atoms with Gasteiger partial charge in [0.1, 0.15) is 0 Å². The van der Waals surface area contributed by atoms with Gasteiger partial charge in [0.15, 0.2) is 10.8 Å². The highest BCUT2D eigenvalue weighted by Gasteiger charge is 2.20. The Morgan fingerprint density at radius 3 is 2.41 bits per heavy atom. The molecule has 0 aliphatic rings. The Hall–Kier alpha value is -2.66. The average molecular weight is 378 g/mol. The molecule has 1 heterocycles. The van der Waals surface area contributed by atoms with Crippen LogP contribution in [0.4, 0.5) is 0 Å². The lowest BCUT2D eigenvalue weighted by atomic mass is 10.0. The number of hydrogen-bond acceptors (Lipinski definition) is 4. The van der Waals surface area contributed by atoms with Crippen LogP contribution in [-0.4, -0.2) is 20.6 Å². The van der Waals surface area contributed by atoms with E-state index in [-0.39, 0.29) is 11.3 Å².